The Morgan fingerprint density at radius 3 is 1.88 bits per heavy atom. The van der Waals surface area contributed by atoms with Gasteiger partial charge in [0.25, 0.3) is 0 Å². The summed E-state index contributed by atoms with van der Waals surface area (Å²) in [6, 6.07) is 2.37. The van der Waals surface area contributed by atoms with Crippen LogP contribution in [0.15, 0.2) is 0 Å². The lowest BCUT2D eigenvalue weighted by molar-refractivity contribution is -0.166. The summed E-state index contributed by atoms with van der Waals surface area (Å²) in [5.74, 6) is -1.72. The SMILES string of the molecule is CCCCCCCCCC[Si](C)(C)CCCC(C)(C(=O)O)C(=O)OC. The van der Waals surface area contributed by atoms with E-state index in [4.69, 9.17) is 0 Å². The fourth-order valence-electron chi connectivity index (χ4n) is 3.30. The summed E-state index contributed by atoms with van der Waals surface area (Å²) in [4.78, 5) is 23.2. The Balaban J connectivity index is 4.03. The molecule has 0 aliphatic rings. The van der Waals surface area contributed by atoms with Crippen LogP contribution in [-0.4, -0.2) is 32.2 Å². The molecule has 0 amide bonds. The van der Waals surface area contributed by atoms with Crippen molar-refractivity contribution in [2.75, 3.05) is 7.11 Å². The van der Waals surface area contributed by atoms with Crippen LogP contribution in [0.3, 0.4) is 0 Å². The van der Waals surface area contributed by atoms with Gasteiger partial charge in [0.05, 0.1) is 7.11 Å². The zero-order valence-corrected chi connectivity index (χ0v) is 18.2. The van der Waals surface area contributed by atoms with Crippen LogP contribution in [0.5, 0.6) is 0 Å². The Labute approximate surface area is 155 Å². The number of carboxylic acids is 1. The highest BCUT2D eigenvalue weighted by Crippen LogP contribution is 2.30. The first-order chi connectivity index (χ1) is 11.7. The average Bonchev–Trinajstić information content (AvgIpc) is 2.55. The summed E-state index contributed by atoms with van der Waals surface area (Å²) in [5, 5.41) is 9.35. The fraction of sp³-hybridized carbons (Fsp3) is 0.900. The smallest absolute Gasteiger partial charge is 0.322 e. The third kappa shape index (κ3) is 10.0. The average molecular weight is 373 g/mol. The normalized spacial score (nSPS) is 14.1. The summed E-state index contributed by atoms with van der Waals surface area (Å²) in [5.41, 5.74) is -1.41. The predicted octanol–water partition coefficient (Wildman–Crippen LogP) is 5.88. The van der Waals surface area contributed by atoms with Crippen LogP contribution in [-0.2, 0) is 14.3 Å². The van der Waals surface area contributed by atoms with E-state index in [2.05, 4.69) is 24.8 Å². The van der Waals surface area contributed by atoms with E-state index in [0.29, 0.717) is 6.42 Å². The maximum atomic E-state index is 11.8. The maximum absolute atomic E-state index is 11.8. The third-order valence-electron chi connectivity index (χ3n) is 5.35. The topological polar surface area (TPSA) is 63.6 Å². The molecule has 1 atom stereocenters. The lowest BCUT2D eigenvalue weighted by atomic mass is 9.86. The molecule has 0 aromatic carbocycles. The monoisotopic (exact) mass is 372 g/mol. The molecular weight excluding hydrogens is 332 g/mol. The standard InChI is InChI=1S/C20H40O4Si/c1-6-7-8-9-10-11-12-13-16-25(4,5)17-14-15-20(2,18(21)22)19(23)24-3/h6-17H2,1-5H3,(H,21,22). The Morgan fingerprint density at radius 2 is 1.40 bits per heavy atom. The summed E-state index contributed by atoms with van der Waals surface area (Å²) < 4.78 is 4.68. The van der Waals surface area contributed by atoms with Crippen molar-refractivity contribution in [3.8, 4) is 0 Å². The molecule has 1 N–H and O–H groups in total. The van der Waals surface area contributed by atoms with Crippen molar-refractivity contribution in [3.05, 3.63) is 0 Å². The number of hydrogen-bond acceptors (Lipinski definition) is 3. The van der Waals surface area contributed by atoms with Crippen LogP contribution in [0.2, 0.25) is 25.2 Å². The van der Waals surface area contributed by atoms with Crippen LogP contribution in [0.25, 0.3) is 0 Å². The van der Waals surface area contributed by atoms with E-state index in [1.165, 1.54) is 71.4 Å². The minimum Gasteiger partial charge on any atom is -0.480 e. The molecule has 148 valence electrons. The van der Waals surface area contributed by atoms with Crippen molar-refractivity contribution < 1.29 is 19.4 Å². The number of hydrogen-bond donors (Lipinski definition) is 1. The van der Waals surface area contributed by atoms with Gasteiger partial charge in [0.15, 0.2) is 5.41 Å². The van der Waals surface area contributed by atoms with Crippen molar-refractivity contribution >= 4 is 20.0 Å². The highest BCUT2D eigenvalue weighted by molar-refractivity contribution is 6.77. The first kappa shape index (κ1) is 24.2. The number of unbranched alkanes of at least 4 members (excludes halogenated alkanes) is 7. The van der Waals surface area contributed by atoms with Crippen molar-refractivity contribution in [1.82, 2.24) is 0 Å². The minimum atomic E-state index is -1.41. The third-order valence-corrected chi connectivity index (χ3v) is 8.76. The van der Waals surface area contributed by atoms with Crippen molar-refractivity contribution in [3.63, 3.8) is 0 Å². The molecule has 0 spiro atoms. The van der Waals surface area contributed by atoms with Crippen LogP contribution in [0.1, 0.15) is 78.1 Å². The van der Waals surface area contributed by atoms with Gasteiger partial charge in [0, 0.05) is 8.07 Å². The van der Waals surface area contributed by atoms with E-state index >= 15 is 0 Å². The van der Waals surface area contributed by atoms with Crippen molar-refractivity contribution in [2.24, 2.45) is 5.41 Å². The Kier molecular flexibility index (Phi) is 12.1. The zero-order valence-electron chi connectivity index (χ0n) is 17.2. The van der Waals surface area contributed by atoms with Crippen molar-refractivity contribution in [1.29, 1.82) is 0 Å². The first-order valence-corrected chi connectivity index (χ1v) is 13.4. The number of aliphatic carboxylic acids is 1. The number of rotatable bonds is 15. The van der Waals surface area contributed by atoms with Gasteiger partial charge in [0.2, 0.25) is 0 Å². The molecule has 0 bridgehead atoms. The minimum absolute atomic E-state index is 0.364. The van der Waals surface area contributed by atoms with E-state index in [-0.39, 0.29) is 0 Å². The number of methoxy groups -OCH3 is 1. The number of carboxylic acid groups (broad SMARTS) is 1. The molecule has 0 aliphatic heterocycles. The number of carbonyl (C=O) groups excluding carboxylic acids is 1. The number of ether oxygens (including phenoxy) is 1. The van der Waals surface area contributed by atoms with E-state index in [1.54, 1.807) is 0 Å². The van der Waals surface area contributed by atoms with E-state index < -0.39 is 25.4 Å². The van der Waals surface area contributed by atoms with Crippen LogP contribution < -0.4 is 0 Å². The molecular formula is C20H40O4Si. The predicted molar refractivity (Wildman–Crippen MR) is 107 cm³/mol. The van der Waals surface area contributed by atoms with Crippen LogP contribution in [0, 0.1) is 5.41 Å². The zero-order chi connectivity index (χ0) is 19.3. The quantitative estimate of drug-likeness (QED) is 0.169. The van der Waals surface area contributed by atoms with Gasteiger partial charge in [0.1, 0.15) is 0 Å². The summed E-state index contributed by atoms with van der Waals surface area (Å²) in [7, 11) is -0.0546. The van der Waals surface area contributed by atoms with Crippen molar-refractivity contribution in [2.45, 2.75) is 103 Å². The molecule has 0 aliphatic carbocycles. The maximum Gasteiger partial charge on any atom is 0.322 e. The fourth-order valence-corrected chi connectivity index (χ4v) is 5.90. The van der Waals surface area contributed by atoms with Gasteiger partial charge < -0.3 is 9.84 Å². The second-order valence-electron chi connectivity index (χ2n) is 8.37. The molecule has 0 fully saturated rings. The first-order valence-electron chi connectivity index (χ1n) is 10.0. The molecule has 0 heterocycles. The summed E-state index contributed by atoms with van der Waals surface area (Å²) in [6.07, 6.45) is 11.9. The van der Waals surface area contributed by atoms with Gasteiger partial charge in [-0.3, -0.25) is 9.59 Å². The second kappa shape index (κ2) is 12.5. The van der Waals surface area contributed by atoms with Gasteiger partial charge in [-0.05, 0) is 13.3 Å². The molecule has 4 nitrogen and oxygen atoms in total. The van der Waals surface area contributed by atoms with Crippen LogP contribution >= 0.6 is 0 Å². The van der Waals surface area contributed by atoms with Crippen LogP contribution in [0.4, 0.5) is 0 Å². The molecule has 0 saturated carbocycles. The van der Waals surface area contributed by atoms with E-state index in [9.17, 15) is 14.7 Å². The second-order valence-corrected chi connectivity index (χ2v) is 13.7. The summed E-state index contributed by atoms with van der Waals surface area (Å²) in [6.45, 7) is 8.49. The lowest BCUT2D eigenvalue weighted by Crippen LogP contribution is -2.38. The Morgan fingerprint density at radius 1 is 0.920 bits per heavy atom. The molecule has 0 radical (unpaired) electrons. The summed E-state index contributed by atoms with van der Waals surface area (Å²) >= 11 is 0. The van der Waals surface area contributed by atoms with Gasteiger partial charge in [-0.1, -0.05) is 89.9 Å². The molecule has 1 unspecified atom stereocenters. The van der Waals surface area contributed by atoms with Gasteiger partial charge in [-0.2, -0.15) is 0 Å². The van der Waals surface area contributed by atoms with E-state index in [0.717, 1.165) is 12.5 Å². The molecule has 0 aromatic heterocycles. The number of esters is 1. The Hall–Kier alpha value is -0.843. The largest absolute Gasteiger partial charge is 0.480 e. The highest BCUT2D eigenvalue weighted by Gasteiger charge is 2.42. The van der Waals surface area contributed by atoms with Gasteiger partial charge in [-0.25, -0.2) is 0 Å². The highest BCUT2D eigenvalue weighted by atomic mass is 28.3. The molecule has 0 rings (SSSR count). The van der Waals surface area contributed by atoms with Gasteiger partial charge in [-0.15, -0.1) is 0 Å². The molecule has 5 heteroatoms. The van der Waals surface area contributed by atoms with E-state index in [1.807, 2.05) is 0 Å². The lowest BCUT2D eigenvalue weighted by Gasteiger charge is -2.26. The molecule has 0 aromatic rings. The Bertz CT molecular complexity index is 395. The van der Waals surface area contributed by atoms with Gasteiger partial charge >= 0.3 is 11.9 Å². The molecule has 0 saturated heterocycles. The molecule has 25 heavy (non-hydrogen) atoms. The number of carbonyl (C=O) groups is 2.